The Balaban J connectivity index is 0.00000261. The summed E-state index contributed by atoms with van der Waals surface area (Å²) in [6, 6.07) is 4.83. The van der Waals surface area contributed by atoms with Gasteiger partial charge in [0.25, 0.3) is 5.91 Å². The number of benzene rings is 1. The van der Waals surface area contributed by atoms with Crippen LogP contribution in [0.1, 0.15) is 42.6 Å². The van der Waals surface area contributed by atoms with Crippen LogP contribution in [-0.4, -0.2) is 47.8 Å². The third-order valence-electron chi connectivity index (χ3n) is 5.30. The zero-order chi connectivity index (χ0) is 18.8. The van der Waals surface area contributed by atoms with E-state index in [2.05, 4.69) is 10.6 Å². The van der Waals surface area contributed by atoms with Crippen molar-refractivity contribution in [2.75, 3.05) is 18.4 Å². The number of carbonyl (C=O) groups excluding carboxylic acids is 3. The summed E-state index contributed by atoms with van der Waals surface area (Å²) in [6.45, 7) is 5.07. The second-order valence-electron chi connectivity index (χ2n) is 7.31. The maximum atomic E-state index is 12.5. The fourth-order valence-electron chi connectivity index (χ4n) is 3.69. The number of carbonyl (C=O) groups is 3. The summed E-state index contributed by atoms with van der Waals surface area (Å²) < 4.78 is 0. The number of hydrogen-bond acceptors (Lipinski definition) is 4. The van der Waals surface area contributed by atoms with Gasteiger partial charge in [0.2, 0.25) is 11.8 Å². The Morgan fingerprint density at radius 2 is 1.93 bits per heavy atom. The minimum absolute atomic E-state index is 0. The molecule has 0 radical (unpaired) electrons. The largest absolute Gasteiger partial charge is 0.349 e. The van der Waals surface area contributed by atoms with Crippen LogP contribution in [0.4, 0.5) is 5.69 Å². The smallest absolute Gasteiger partial charge is 0.251 e. The summed E-state index contributed by atoms with van der Waals surface area (Å²) in [5.41, 5.74) is 7.87. The quantitative estimate of drug-likeness (QED) is 0.716. The predicted molar refractivity (Wildman–Crippen MR) is 106 cm³/mol. The van der Waals surface area contributed by atoms with Gasteiger partial charge in [0.05, 0.1) is 12.5 Å². The van der Waals surface area contributed by atoms with Crippen molar-refractivity contribution in [1.29, 1.82) is 0 Å². The second kappa shape index (κ2) is 8.71. The van der Waals surface area contributed by atoms with Gasteiger partial charge in [-0.15, -0.1) is 12.4 Å². The van der Waals surface area contributed by atoms with E-state index in [9.17, 15) is 14.4 Å². The number of halogens is 1. The number of rotatable bonds is 4. The highest BCUT2D eigenvalue weighted by Crippen LogP contribution is 2.25. The normalized spacial score (nSPS) is 18.8. The van der Waals surface area contributed by atoms with Crippen LogP contribution < -0.4 is 16.4 Å². The molecule has 2 unspecified atom stereocenters. The Morgan fingerprint density at radius 3 is 2.56 bits per heavy atom. The van der Waals surface area contributed by atoms with Crippen LogP contribution in [0.15, 0.2) is 18.2 Å². The van der Waals surface area contributed by atoms with Crippen molar-refractivity contribution in [2.45, 2.75) is 45.2 Å². The maximum Gasteiger partial charge on any atom is 0.251 e. The molecular formula is C19H27ClN4O3. The minimum Gasteiger partial charge on any atom is -0.349 e. The first-order chi connectivity index (χ1) is 12.3. The highest BCUT2D eigenvalue weighted by Gasteiger charge is 2.28. The molecule has 1 fully saturated rings. The lowest BCUT2D eigenvalue weighted by atomic mass is 9.90. The van der Waals surface area contributed by atoms with Gasteiger partial charge in [-0.05, 0) is 56.4 Å². The molecule has 2 aliphatic heterocycles. The summed E-state index contributed by atoms with van der Waals surface area (Å²) in [4.78, 5) is 37.7. The number of likely N-dealkylation sites (tertiary alicyclic amines) is 1. The third kappa shape index (κ3) is 4.78. The number of anilines is 1. The van der Waals surface area contributed by atoms with Gasteiger partial charge in [-0.2, -0.15) is 0 Å². The molecular weight excluding hydrogens is 368 g/mol. The van der Waals surface area contributed by atoms with Crippen LogP contribution in [0.2, 0.25) is 0 Å². The zero-order valence-electron chi connectivity index (χ0n) is 15.7. The topological polar surface area (TPSA) is 105 Å². The van der Waals surface area contributed by atoms with Gasteiger partial charge in [0.1, 0.15) is 0 Å². The lowest BCUT2D eigenvalue weighted by Gasteiger charge is -2.35. The summed E-state index contributed by atoms with van der Waals surface area (Å²) in [5.74, 6) is 0.142. The first-order valence-electron chi connectivity index (χ1n) is 9.13. The minimum atomic E-state index is -0.468. The lowest BCUT2D eigenvalue weighted by molar-refractivity contribution is -0.133. The molecule has 2 aliphatic rings. The first-order valence-corrected chi connectivity index (χ1v) is 9.13. The summed E-state index contributed by atoms with van der Waals surface area (Å²) >= 11 is 0. The van der Waals surface area contributed by atoms with Crippen LogP contribution in [-0.2, 0) is 16.0 Å². The van der Waals surface area contributed by atoms with E-state index in [-0.39, 0.29) is 36.2 Å². The molecule has 2 atom stereocenters. The maximum absolute atomic E-state index is 12.5. The average Bonchev–Trinajstić information content (AvgIpc) is 3.00. The SMILES string of the molecule is CC(N)C(=O)N1CCC(C(C)NC(=O)c2ccc3c(c2)CC(=O)N3)CC1.Cl. The molecule has 0 bridgehead atoms. The molecule has 3 rings (SSSR count). The van der Waals surface area contributed by atoms with E-state index in [0.717, 1.165) is 24.1 Å². The molecule has 27 heavy (non-hydrogen) atoms. The molecule has 8 heteroatoms. The number of hydrogen-bond donors (Lipinski definition) is 3. The van der Waals surface area contributed by atoms with Crippen LogP contribution in [0, 0.1) is 5.92 Å². The molecule has 4 N–H and O–H groups in total. The van der Waals surface area contributed by atoms with E-state index in [1.165, 1.54) is 0 Å². The molecule has 148 valence electrons. The number of piperidine rings is 1. The standard InChI is InChI=1S/C19H26N4O3.ClH/c1-11(20)19(26)23-7-5-13(6-8-23)12(2)21-18(25)14-3-4-16-15(9-14)10-17(24)22-16;/h3-4,9,11-13H,5-8,10,20H2,1-2H3,(H,21,25)(H,22,24);1H. The highest BCUT2D eigenvalue weighted by atomic mass is 35.5. The van der Waals surface area contributed by atoms with E-state index in [4.69, 9.17) is 5.73 Å². The van der Waals surface area contributed by atoms with Gasteiger partial charge < -0.3 is 21.3 Å². The van der Waals surface area contributed by atoms with Gasteiger partial charge in [-0.3, -0.25) is 14.4 Å². The Labute approximate surface area is 165 Å². The highest BCUT2D eigenvalue weighted by molar-refractivity contribution is 6.01. The van der Waals surface area contributed by atoms with Crippen LogP contribution >= 0.6 is 12.4 Å². The van der Waals surface area contributed by atoms with Crippen molar-refractivity contribution < 1.29 is 14.4 Å². The van der Waals surface area contributed by atoms with Gasteiger partial charge in [0.15, 0.2) is 0 Å². The number of nitrogens with zero attached hydrogens (tertiary/aromatic N) is 1. The Kier molecular flexibility index (Phi) is 6.84. The Hall–Kier alpha value is -2.12. The molecule has 1 aromatic carbocycles. The van der Waals surface area contributed by atoms with Gasteiger partial charge in [-0.25, -0.2) is 0 Å². The van der Waals surface area contributed by atoms with Crippen LogP contribution in [0.5, 0.6) is 0 Å². The predicted octanol–water partition coefficient (Wildman–Crippen LogP) is 1.31. The van der Waals surface area contributed by atoms with Crippen molar-refractivity contribution >= 4 is 35.8 Å². The number of amides is 3. The van der Waals surface area contributed by atoms with Crippen LogP contribution in [0.3, 0.4) is 0 Å². The van der Waals surface area contributed by atoms with Crippen molar-refractivity contribution in [3.05, 3.63) is 29.3 Å². The third-order valence-corrected chi connectivity index (χ3v) is 5.30. The Morgan fingerprint density at radius 1 is 1.26 bits per heavy atom. The van der Waals surface area contributed by atoms with E-state index in [1.54, 1.807) is 30.0 Å². The Bertz CT molecular complexity index is 730. The first kappa shape index (κ1) is 21.2. The summed E-state index contributed by atoms with van der Waals surface area (Å²) in [6.07, 6.45) is 2.02. The van der Waals surface area contributed by atoms with E-state index in [1.807, 2.05) is 6.92 Å². The molecule has 0 aromatic heterocycles. The zero-order valence-corrected chi connectivity index (χ0v) is 16.5. The molecule has 0 saturated carbocycles. The molecule has 0 spiro atoms. The van der Waals surface area contributed by atoms with Gasteiger partial charge in [-0.1, -0.05) is 0 Å². The summed E-state index contributed by atoms with van der Waals surface area (Å²) in [5, 5.41) is 5.83. The molecule has 2 heterocycles. The summed E-state index contributed by atoms with van der Waals surface area (Å²) in [7, 11) is 0. The lowest BCUT2D eigenvalue weighted by Crippen LogP contribution is -2.49. The van der Waals surface area contributed by atoms with E-state index >= 15 is 0 Å². The van der Waals surface area contributed by atoms with Crippen molar-refractivity contribution in [3.8, 4) is 0 Å². The van der Waals surface area contributed by atoms with Crippen molar-refractivity contribution in [1.82, 2.24) is 10.2 Å². The fourth-order valence-corrected chi connectivity index (χ4v) is 3.69. The fraction of sp³-hybridized carbons (Fsp3) is 0.526. The molecule has 7 nitrogen and oxygen atoms in total. The number of nitrogens with one attached hydrogen (secondary N) is 2. The van der Waals surface area contributed by atoms with E-state index in [0.29, 0.717) is 31.0 Å². The molecule has 3 amide bonds. The molecule has 0 aliphatic carbocycles. The number of fused-ring (bicyclic) bond motifs is 1. The monoisotopic (exact) mass is 394 g/mol. The van der Waals surface area contributed by atoms with Gasteiger partial charge >= 0.3 is 0 Å². The van der Waals surface area contributed by atoms with Gasteiger partial charge in [0, 0.05) is 30.4 Å². The van der Waals surface area contributed by atoms with Crippen LogP contribution in [0.25, 0.3) is 0 Å². The van der Waals surface area contributed by atoms with E-state index < -0.39 is 6.04 Å². The van der Waals surface area contributed by atoms with Crippen molar-refractivity contribution in [3.63, 3.8) is 0 Å². The second-order valence-corrected chi connectivity index (χ2v) is 7.31. The molecule has 1 aromatic rings. The average molecular weight is 395 g/mol. The van der Waals surface area contributed by atoms with Crippen molar-refractivity contribution in [2.24, 2.45) is 11.7 Å². The number of nitrogens with two attached hydrogens (primary N) is 1. The molecule has 1 saturated heterocycles.